The molecule has 2 atom stereocenters. The Bertz CT molecular complexity index is 5060. The average molecular weight is 1590 g/mol. The fourth-order valence-corrected chi connectivity index (χ4v) is 14.8. The summed E-state index contributed by atoms with van der Waals surface area (Å²) in [4.78, 5) is 99.3. The second kappa shape index (κ2) is 41.5. The summed E-state index contributed by atoms with van der Waals surface area (Å²) in [7, 11) is 0. The van der Waals surface area contributed by atoms with Gasteiger partial charge < -0.3 is 61.6 Å². The highest BCUT2D eigenvalue weighted by Gasteiger charge is 2.30. The Morgan fingerprint density at radius 2 is 0.966 bits per heavy atom. The van der Waals surface area contributed by atoms with Crippen molar-refractivity contribution < 1.29 is 43.0 Å². The molecule has 117 heavy (non-hydrogen) atoms. The molecule has 4 fully saturated rings. The van der Waals surface area contributed by atoms with Gasteiger partial charge in [0.15, 0.2) is 11.3 Å². The highest BCUT2D eigenvalue weighted by Crippen LogP contribution is 2.34. The highest BCUT2D eigenvalue weighted by atomic mass is 16.6. The smallest absolute Gasteiger partial charge is 0.410 e. The Balaban J connectivity index is 0.000000196. The molecule has 4 aliphatic rings. The van der Waals surface area contributed by atoms with Crippen LogP contribution in [-0.2, 0) is 72.9 Å². The van der Waals surface area contributed by atoms with Gasteiger partial charge in [0.25, 0.3) is 23.6 Å². The number of benzene rings is 4. The maximum atomic E-state index is 13.5. The molecule has 0 bridgehead atoms. The zero-order valence-electron chi connectivity index (χ0n) is 68.2. The van der Waals surface area contributed by atoms with Gasteiger partial charge in [0, 0.05) is 164 Å². The monoisotopic (exact) mass is 1590 g/mol. The molecule has 8 N–H and O–H groups in total. The van der Waals surface area contributed by atoms with Gasteiger partial charge in [-0.05, 0) is 174 Å². The molecule has 4 saturated heterocycles. The minimum absolute atomic E-state index is 0. The lowest BCUT2D eigenvalue weighted by molar-refractivity contribution is 0.0140. The number of fused-ring (bicyclic) bond motifs is 2. The van der Waals surface area contributed by atoms with Crippen molar-refractivity contribution in [3.05, 3.63) is 213 Å². The van der Waals surface area contributed by atoms with Crippen LogP contribution in [0, 0.1) is 0 Å². The number of nitrogens with one attached hydrogen (secondary N) is 8. The van der Waals surface area contributed by atoms with E-state index in [0.29, 0.717) is 70.5 Å². The van der Waals surface area contributed by atoms with Gasteiger partial charge in [-0.15, -0.1) is 0 Å². The van der Waals surface area contributed by atoms with Crippen LogP contribution in [0.5, 0.6) is 0 Å². The second-order valence-corrected chi connectivity index (χ2v) is 30.7. The molecule has 6 aromatic heterocycles. The largest absolute Gasteiger partial charge is 0.444 e. The van der Waals surface area contributed by atoms with Gasteiger partial charge in [0.2, 0.25) is 0 Å². The van der Waals surface area contributed by atoms with Gasteiger partial charge in [-0.1, -0.05) is 106 Å². The Morgan fingerprint density at radius 1 is 0.538 bits per heavy atom. The number of aryl methyl sites for hydroxylation is 4. The van der Waals surface area contributed by atoms with Gasteiger partial charge in [0.1, 0.15) is 34.7 Å². The Labute approximate surface area is 686 Å². The lowest BCUT2D eigenvalue weighted by atomic mass is 10.0. The van der Waals surface area contributed by atoms with Crippen molar-refractivity contribution in [1.29, 1.82) is 0 Å². The molecule has 27 nitrogen and oxygen atoms in total. The zero-order chi connectivity index (χ0) is 81.7. The highest BCUT2D eigenvalue weighted by molar-refractivity contribution is 5.98. The molecule has 4 aliphatic heterocycles. The lowest BCUT2D eigenvalue weighted by Gasteiger charge is -2.35. The molecule has 0 unspecified atom stereocenters. The number of hydrogen-bond acceptors (Lipinski definition) is 20. The van der Waals surface area contributed by atoms with Gasteiger partial charge in [-0.3, -0.25) is 28.9 Å². The molecular formula is C90H114N18O9. The number of aldehydes is 1. The molecule has 10 heterocycles. The Kier molecular flexibility index (Phi) is 30.7. The van der Waals surface area contributed by atoms with E-state index >= 15 is 0 Å². The molecule has 618 valence electrons. The van der Waals surface area contributed by atoms with E-state index in [1.165, 1.54) is 5.56 Å². The van der Waals surface area contributed by atoms with Crippen LogP contribution in [0.25, 0.3) is 44.3 Å². The summed E-state index contributed by atoms with van der Waals surface area (Å²) < 4.78 is 20.3. The van der Waals surface area contributed by atoms with Crippen molar-refractivity contribution in [3.8, 4) is 22.3 Å². The third-order valence-electron chi connectivity index (χ3n) is 21.0. The molecule has 5 amide bonds. The number of amides is 5. The van der Waals surface area contributed by atoms with Crippen LogP contribution in [0.2, 0.25) is 0 Å². The molecule has 0 aliphatic carbocycles. The van der Waals surface area contributed by atoms with Crippen LogP contribution < -0.4 is 42.5 Å². The molecule has 10 aromatic rings. The first-order valence-electron chi connectivity index (χ1n) is 40.7. The minimum atomic E-state index is -0.401. The number of anilines is 2. The molecule has 4 aromatic carbocycles. The first-order chi connectivity index (χ1) is 56.2. The number of aromatic nitrogens is 8. The fourth-order valence-electron chi connectivity index (χ4n) is 14.8. The summed E-state index contributed by atoms with van der Waals surface area (Å²) in [5.74, 6) is -1.49. The quantitative estimate of drug-likeness (QED) is 0.0246. The van der Waals surface area contributed by atoms with Crippen LogP contribution in [-0.4, -0.2) is 181 Å². The molecule has 0 saturated carbocycles. The Morgan fingerprint density at radius 3 is 1.39 bits per heavy atom. The minimum Gasteiger partial charge on any atom is -0.444 e. The van der Waals surface area contributed by atoms with Crippen LogP contribution in [0.3, 0.4) is 0 Å². The van der Waals surface area contributed by atoms with E-state index in [9.17, 15) is 28.8 Å². The normalized spacial score (nSPS) is 16.0. The van der Waals surface area contributed by atoms with Crippen LogP contribution in [0.15, 0.2) is 146 Å². The zero-order valence-corrected chi connectivity index (χ0v) is 68.2. The van der Waals surface area contributed by atoms with Crippen molar-refractivity contribution in [1.82, 2.24) is 81.2 Å². The standard InChI is InChI=1S/C42H51N9O3.C37H39N7O4.C10H20N2O2.CH4/c1-4-36-34(39(47-33-15-19-54-20-16-33)35-25-46-51(5-2)40(35)49-36)24-45-42(53)38-14-8-13-37(48-38)41(52)44-23-29-9-6-11-31(21-29)32-12-7-10-30(22-32)27-50-18-17-43-28(3)26-50;1-3-31-29(34(41-28-14-16-48-17-15-28)30-22-40-44(4-2)35(30)43-31)21-39-37(47)33-13-7-12-32(42-33)36(46)38-20-24-8-5-10-26(18-24)27-11-6-9-25(19-27)23-45;1-8-7-11-5-6-12(8)9(13)14-10(2,3)4;/h6-14,21-22,25,28,33,43H,4-5,15-20,23-24,26-27H2,1-3H3,(H,44,52)(H,45,53)(H,47,49);5-13,18-19,22-23,28H,3-4,14-17,20-21H2,1-2H3,(H,38,46)(H,39,47)(H,41,43);8,11H,5-7H2,1-4H3;1H4/t28-;;8-;/m1.1./s1. The van der Waals surface area contributed by atoms with E-state index in [-0.39, 0.29) is 85.9 Å². The van der Waals surface area contributed by atoms with E-state index in [1.807, 2.05) is 111 Å². The van der Waals surface area contributed by atoms with Crippen molar-refractivity contribution in [2.24, 2.45) is 0 Å². The number of carbonyl (C=O) groups is 6. The van der Waals surface area contributed by atoms with E-state index in [0.717, 1.165) is 167 Å². The number of rotatable bonds is 25. The third kappa shape index (κ3) is 23.1. The number of ether oxygens (including phenoxy) is 3. The second-order valence-electron chi connectivity index (χ2n) is 30.7. The Hall–Kier alpha value is -11.4. The van der Waals surface area contributed by atoms with E-state index < -0.39 is 17.4 Å². The van der Waals surface area contributed by atoms with E-state index in [2.05, 4.69) is 132 Å². The summed E-state index contributed by atoms with van der Waals surface area (Å²) in [6.45, 7) is 29.9. The molecule has 14 rings (SSSR count). The summed E-state index contributed by atoms with van der Waals surface area (Å²) in [5, 5.41) is 37.2. The average Bonchev–Trinajstić information content (AvgIpc) is 1.72. The maximum absolute atomic E-state index is 13.5. The summed E-state index contributed by atoms with van der Waals surface area (Å²) in [6.07, 6.45) is 9.25. The summed E-state index contributed by atoms with van der Waals surface area (Å²) in [6, 6.07) is 43.0. The predicted molar refractivity (Wildman–Crippen MR) is 457 cm³/mol. The molecule has 0 spiro atoms. The molecular weight excluding hydrogens is 1480 g/mol. The predicted octanol–water partition coefficient (Wildman–Crippen LogP) is 12.5. The molecule has 0 radical (unpaired) electrons. The number of nitrogens with zero attached hydrogens (tertiary/aromatic N) is 10. The SMILES string of the molecule is C.CCc1nc2c(cnn2CC)c(NC2CCOCC2)c1CNC(=O)c1cccc(C(=O)NCc2cccc(-c3cccc(C=O)c3)c2)n1.CCc1nc2c(cnn2CC)c(NC2CCOCC2)c1CNC(=O)c1cccc(C(=O)NCc2cccc(-c3cccc(CN4CCN[C@H](C)C4)c3)c2)n1.C[C@@H]1CNCCN1C(=O)OC(C)(C)C. The number of piperazine rings is 2. The summed E-state index contributed by atoms with van der Waals surface area (Å²) >= 11 is 0. The fraction of sp³-hybridized carbons (Fsp3) is 0.422. The van der Waals surface area contributed by atoms with Crippen molar-refractivity contribution >= 4 is 69.4 Å². The molecule has 27 heteroatoms. The summed E-state index contributed by atoms with van der Waals surface area (Å²) in [5.41, 5.74) is 15.2. The third-order valence-corrected chi connectivity index (χ3v) is 21.0. The van der Waals surface area contributed by atoms with Crippen LogP contribution >= 0.6 is 0 Å². The van der Waals surface area contributed by atoms with E-state index in [1.54, 1.807) is 47.4 Å². The van der Waals surface area contributed by atoms with Crippen molar-refractivity contribution in [2.75, 3.05) is 76.3 Å². The maximum Gasteiger partial charge on any atom is 0.410 e. The van der Waals surface area contributed by atoms with Crippen LogP contribution in [0.1, 0.15) is 187 Å². The van der Waals surface area contributed by atoms with Crippen molar-refractivity contribution in [3.63, 3.8) is 0 Å². The lowest BCUT2D eigenvalue weighted by Crippen LogP contribution is -2.53. The van der Waals surface area contributed by atoms with Gasteiger partial charge in [0.05, 0.1) is 34.5 Å². The van der Waals surface area contributed by atoms with E-state index in [4.69, 9.17) is 24.2 Å². The van der Waals surface area contributed by atoms with Gasteiger partial charge in [-0.25, -0.2) is 34.1 Å². The topological polar surface area (TPSA) is 320 Å². The first-order valence-corrected chi connectivity index (χ1v) is 40.7. The van der Waals surface area contributed by atoms with Crippen molar-refractivity contribution in [2.45, 2.75) is 184 Å². The number of pyridine rings is 4. The number of hydrogen-bond donors (Lipinski definition) is 8. The van der Waals surface area contributed by atoms with Gasteiger partial charge in [-0.2, -0.15) is 10.2 Å². The first kappa shape index (κ1) is 86.5. The van der Waals surface area contributed by atoms with Crippen LogP contribution in [0.4, 0.5) is 16.2 Å². The van der Waals surface area contributed by atoms with Gasteiger partial charge >= 0.3 is 6.09 Å². The number of carbonyl (C=O) groups excluding carboxylic acids is 6.